The molecular weight excluding hydrogens is 383 g/mol. The molecule has 146 valence electrons. The van der Waals surface area contributed by atoms with Gasteiger partial charge in [0, 0.05) is 26.3 Å². The number of nitrogens with one attached hydrogen (secondary N) is 1. The molecule has 2 heterocycles. The van der Waals surface area contributed by atoms with Gasteiger partial charge in [-0.05, 0) is 29.8 Å². The Bertz CT molecular complexity index is 1010. The van der Waals surface area contributed by atoms with Gasteiger partial charge in [-0.2, -0.15) is 4.98 Å². The van der Waals surface area contributed by atoms with Gasteiger partial charge in [-0.1, -0.05) is 24.3 Å². The Morgan fingerprint density at radius 1 is 1.07 bits per heavy atom. The van der Waals surface area contributed by atoms with Crippen molar-refractivity contribution in [1.82, 2.24) is 4.98 Å². The average Bonchev–Trinajstić information content (AvgIpc) is 3.39. The Hall–Kier alpha value is -2.80. The van der Waals surface area contributed by atoms with E-state index in [-0.39, 0.29) is 18.1 Å². The Kier molecular flexibility index (Phi) is 5.09. The molecular formula is C19H19N2O6P. The van der Waals surface area contributed by atoms with Gasteiger partial charge in [0.2, 0.25) is 24.0 Å². The summed E-state index contributed by atoms with van der Waals surface area (Å²) < 4.78 is 39.7. The lowest BCUT2D eigenvalue weighted by molar-refractivity contribution is 0.174. The minimum absolute atomic E-state index is 0.0945. The predicted octanol–water partition coefficient (Wildman–Crippen LogP) is 3.79. The van der Waals surface area contributed by atoms with Gasteiger partial charge in [-0.15, -0.1) is 0 Å². The molecule has 0 aliphatic carbocycles. The summed E-state index contributed by atoms with van der Waals surface area (Å²) in [5, 5.41) is 3.13. The fourth-order valence-corrected chi connectivity index (χ4v) is 3.88. The monoisotopic (exact) mass is 402 g/mol. The first-order valence-electron chi connectivity index (χ1n) is 8.53. The number of nitrogens with zero attached hydrogens (tertiary/aromatic N) is 1. The number of aromatic nitrogens is 1. The van der Waals surface area contributed by atoms with Crippen molar-refractivity contribution in [3.05, 3.63) is 54.1 Å². The number of anilines is 1. The van der Waals surface area contributed by atoms with Crippen LogP contribution in [0.4, 0.5) is 5.88 Å². The highest BCUT2D eigenvalue weighted by molar-refractivity contribution is 7.62. The minimum atomic E-state index is -3.62. The van der Waals surface area contributed by atoms with Crippen molar-refractivity contribution in [2.75, 3.05) is 26.3 Å². The highest BCUT2D eigenvalue weighted by Crippen LogP contribution is 2.47. The summed E-state index contributed by atoms with van der Waals surface area (Å²) in [6, 6.07) is 14.9. The molecule has 2 aromatic carbocycles. The first kappa shape index (κ1) is 18.6. The first-order chi connectivity index (χ1) is 13.6. The summed E-state index contributed by atoms with van der Waals surface area (Å²) >= 11 is 0. The number of benzene rings is 2. The van der Waals surface area contributed by atoms with E-state index in [1.165, 1.54) is 14.2 Å². The van der Waals surface area contributed by atoms with Crippen molar-refractivity contribution in [2.45, 2.75) is 6.54 Å². The first-order valence-corrected chi connectivity index (χ1v) is 10.1. The fourth-order valence-electron chi connectivity index (χ4n) is 2.80. The summed E-state index contributed by atoms with van der Waals surface area (Å²) in [7, 11) is -1.00. The fraction of sp³-hybridized carbons (Fsp3) is 0.211. The lowest BCUT2D eigenvalue weighted by atomic mass is 10.2. The summed E-state index contributed by atoms with van der Waals surface area (Å²) in [5.41, 5.74) is 1.77. The van der Waals surface area contributed by atoms with Crippen molar-refractivity contribution < 1.29 is 27.5 Å². The Balaban J connectivity index is 1.64. The second-order valence-electron chi connectivity index (χ2n) is 5.94. The molecule has 1 N–H and O–H groups in total. The minimum Gasteiger partial charge on any atom is -0.454 e. The van der Waals surface area contributed by atoms with E-state index in [1.54, 1.807) is 0 Å². The molecule has 0 atom stereocenters. The van der Waals surface area contributed by atoms with E-state index in [2.05, 4.69) is 10.3 Å². The molecule has 9 heteroatoms. The number of rotatable bonds is 7. The van der Waals surface area contributed by atoms with Crippen molar-refractivity contribution in [3.8, 4) is 23.0 Å². The lowest BCUT2D eigenvalue weighted by Crippen LogP contribution is -2.14. The van der Waals surface area contributed by atoms with E-state index in [4.69, 9.17) is 22.9 Å². The summed E-state index contributed by atoms with van der Waals surface area (Å²) in [4.78, 5) is 4.38. The van der Waals surface area contributed by atoms with Gasteiger partial charge >= 0.3 is 7.60 Å². The Morgan fingerprint density at radius 2 is 1.82 bits per heavy atom. The van der Waals surface area contributed by atoms with E-state index >= 15 is 0 Å². The van der Waals surface area contributed by atoms with Crippen molar-refractivity contribution in [2.24, 2.45) is 0 Å². The predicted molar refractivity (Wildman–Crippen MR) is 103 cm³/mol. The normalized spacial score (nSPS) is 12.9. The molecule has 3 aromatic rings. The van der Waals surface area contributed by atoms with Crippen LogP contribution >= 0.6 is 7.60 Å². The zero-order valence-electron chi connectivity index (χ0n) is 15.4. The second-order valence-corrected chi connectivity index (χ2v) is 8.09. The number of hydrogen-bond donors (Lipinski definition) is 1. The molecule has 0 bridgehead atoms. The number of ether oxygens (including phenoxy) is 2. The lowest BCUT2D eigenvalue weighted by Gasteiger charge is -2.12. The van der Waals surface area contributed by atoms with Gasteiger partial charge in [0.05, 0.1) is 0 Å². The molecule has 0 radical (unpaired) electrons. The number of oxazole rings is 1. The van der Waals surface area contributed by atoms with Crippen LogP contribution in [0, 0.1) is 0 Å². The molecule has 0 saturated heterocycles. The zero-order valence-corrected chi connectivity index (χ0v) is 16.3. The third kappa shape index (κ3) is 3.49. The highest BCUT2D eigenvalue weighted by atomic mass is 31.2. The molecule has 8 nitrogen and oxygen atoms in total. The van der Waals surface area contributed by atoms with Gasteiger partial charge in [0.1, 0.15) is 0 Å². The van der Waals surface area contributed by atoms with E-state index in [0.717, 1.165) is 11.1 Å². The van der Waals surface area contributed by atoms with Crippen LogP contribution in [0.1, 0.15) is 5.56 Å². The summed E-state index contributed by atoms with van der Waals surface area (Å²) in [5.74, 6) is 1.93. The van der Waals surface area contributed by atoms with Crippen molar-refractivity contribution >= 4 is 18.9 Å². The van der Waals surface area contributed by atoms with Gasteiger partial charge in [0.15, 0.2) is 11.5 Å². The van der Waals surface area contributed by atoms with Crippen molar-refractivity contribution in [3.63, 3.8) is 0 Å². The topological polar surface area (TPSA) is 92.1 Å². The Labute approximate surface area is 161 Å². The average molecular weight is 402 g/mol. The molecule has 0 unspecified atom stereocenters. The van der Waals surface area contributed by atoms with E-state index in [1.807, 2.05) is 48.5 Å². The molecule has 28 heavy (non-hydrogen) atoms. The van der Waals surface area contributed by atoms with Crippen LogP contribution in [-0.2, 0) is 20.2 Å². The maximum Gasteiger partial charge on any atom is 0.384 e. The van der Waals surface area contributed by atoms with Crippen LogP contribution in [-0.4, -0.2) is 26.0 Å². The standard InChI is InChI=1S/C19H19N2O6P/c1-23-28(22,24-2)19-18(27-17(21-19)14-6-4-3-5-7-14)20-11-13-8-9-15-16(10-13)26-12-25-15/h3-10,20H,11-12H2,1-2H3. The van der Waals surface area contributed by atoms with E-state index in [0.29, 0.717) is 23.9 Å². The largest absolute Gasteiger partial charge is 0.454 e. The van der Waals surface area contributed by atoms with Crippen LogP contribution < -0.4 is 20.2 Å². The third-order valence-corrected chi connectivity index (χ3v) is 6.04. The second kappa shape index (κ2) is 7.67. The molecule has 0 amide bonds. The molecule has 0 saturated carbocycles. The SMILES string of the molecule is COP(=O)(OC)c1nc(-c2ccccc2)oc1NCc1ccc2c(c1)OCO2. The van der Waals surface area contributed by atoms with Gasteiger partial charge in [-0.3, -0.25) is 4.57 Å². The van der Waals surface area contributed by atoms with E-state index in [9.17, 15) is 4.57 Å². The summed E-state index contributed by atoms with van der Waals surface area (Å²) in [6.45, 7) is 0.601. The van der Waals surface area contributed by atoms with Crippen LogP contribution in [0.2, 0.25) is 0 Å². The van der Waals surface area contributed by atoms with Crippen LogP contribution in [0.25, 0.3) is 11.5 Å². The van der Waals surface area contributed by atoms with Gasteiger partial charge in [0.25, 0.3) is 0 Å². The molecule has 1 aliphatic heterocycles. The third-order valence-electron chi connectivity index (χ3n) is 4.26. The number of hydrogen-bond acceptors (Lipinski definition) is 8. The molecule has 0 spiro atoms. The Morgan fingerprint density at radius 3 is 2.57 bits per heavy atom. The molecule has 1 aliphatic rings. The van der Waals surface area contributed by atoms with Crippen LogP contribution in [0.15, 0.2) is 52.9 Å². The molecule has 4 rings (SSSR count). The quantitative estimate of drug-likeness (QED) is 0.597. The number of fused-ring (bicyclic) bond motifs is 1. The maximum absolute atomic E-state index is 12.9. The van der Waals surface area contributed by atoms with E-state index < -0.39 is 7.60 Å². The zero-order chi connectivity index (χ0) is 19.6. The molecule has 0 fully saturated rings. The van der Waals surface area contributed by atoms with Gasteiger partial charge < -0.3 is 28.3 Å². The summed E-state index contributed by atoms with van der Waals surface area (Å²) in [6.07, 6.45) is 0. The van der Waals surface area contributed by atoms with Crippen LogP contribution in [0.3, 0.4) is 0 Å². The van der Waals surface area contributed by atoms with Gasteiger partial charge in [-0.25, -0.2) is 0 Å². The van der Waals surface area contributed by atoms with Crippen molar-refractivity contribution in [1.29, 1.82) is 0 Å². The maximum atomic E-state index is 12.9. The van der Waals surface area contributed by atoms with Crippen LogP contribution in [0.5, 0.6) is 11.5 Å². The molecule has 1 aromatic heterocycles. The smallest absolute Gasteiger partial charge is 0.384 e. The highest BCUT2D eigenvalue weighted by Gasteiger charge is 2.34.